The number of carbonyl (C=O) groups excluding carboxylic acids is 3. The summed E-state index contributed by atoms with van der Waals surface area (Å²) in [7, 11) is 0. The van der Waals surface area contributed by atoms with Gasteiger partial charge in [0.1, 0.15) is 12.6 Å². The normalized spacial score (nSPS) is 13.3. The van der Waals surface area contributed by atoms with Gasteiger partial charge in [0, 0.05) is 24.0 Å². The SMILES string of the molecule is CCCNC(=O)C(C)N(CCc1ccccc1)C(=O)CN1C(=O)c2cccc3cccc1c23. The molecule has 0 bridgehead atoms. The molecular weight excluding hydrogens is 414 g/mol. The monoisotopic (exact) mass is 443 g/mol. The molecule has 3 aromatic rings. The largest absolute Gasteiger partial charge is 0.354 e. The van der Waals surface area contributed by atoms with Crippen LogP contribution in [0, 0.1) is 0 Å². The van der Waals surface area contributed by atoms with Crippen molar-refractivity contribution in [2.75, 3.05) is 24.5 Å². The second-order valence-corrected chi connectivity index (χ2v) is 8.36. The predicted molar refractivity (Wildman–Crippen MR) is 130 cm³/mol. The minimum absolute atomic E-state index is 0.104. The standard InChI is InChI=1S/C27H29N3O3/c1-3-16-28-26(32)19(2)29(17-15-20-9-5-4-6-10-20)24(31)18-30-23-14-8-12-21-11-7-13-22(25(21)23)27(30)33/h4-14,19H,3,15-18H2,1-2H3,(H,28,32). The molecule has 1 unspecified atom stereocenters. The van der Waals surface area contributed by atoms with Gasteiger partial charge in [-0.15, -0.1) is 0 Å². The van der Waals surface area contributed by atoms with E-state index < -0.39 is 6.04 Å². The van der Waals surface area contributed by atoms with Crippen molar-refractivity contribution in [3.8, 4) is 0 Å². The van der Waals surface area contributed by atoms with Crippen LogP contribution in [0.2, 0.25) is 0 Å². The molecule has 170 valence electrons. The predicted octanol–water partition coefficient (Wildman–Crippen LogP) is 3.79. The molecule has 0 saturated carbocycles. The molecule has 1 N–H and O–H groups in total. The van der Waals surface area contributed by atoms with Crippen LogP contribution in [0.25, 0.3) is 10.8 Å². The second kappa shape index (κ2) is 9.86. The fourth-order valence-electron chi connectivity index (χ4n) is 4.33. The lowest BCUT2D eigenvalue weighted by Crippen LogP contribution is -2.52. The van der Waals surface area contributed by atoms with E-state index in [2.05, 4.69) is 5.32 Å². The molecule has 0 radical (unpaired) electrons. The molecule has 4 rings (SSSR count). The number of hydrogen-bond acceptors (Lipinski definition) is 3. The highest BCUT2D eigenvalue weighted by Gasteiger charge is 2.34. The highest BCUT2D eigenvalue weighted by Crippen LogP contribution is 2.37. The Morgan fingerprint density at radius 3 is 2.45 bits per heavy atom. The zero-order valence-electron chi connectivity index (χ0n) is 19.1. The number of carbonyl (C=O) groups is 3. The van der Waals surface area contributed by atoms with Crippen LogP contribution in [0.4, 0.5) is 5.69 Å². The molecule has 33 heavy (non-hydrogen) atoms. The van der Waals surface area contributed by atoms with Gasteiger partial charge in [-0.25, -0.2) is 0 Å². The van der Waals surface area contributed by atoms with Crippen molar-refractivity contribution in [1.29, 1.82) is 0 Å². The van der Waals surface area contributed by atoms with Crippen LogP contribution in [0.15, 0.2) is 66.7 Å². The molecule has 1 atom stereocenters. The zero-order chi connectivity index (χ0) is 23.4. The van der Waals surface area contributed by atoms with Gasteiger partial charge in [0.2, 0.25) is 11.8 Å². The fourth-order valence-corrected chi connectivity index (χ4v) is 4.33. The molecule has 0 saturated heterocycles. The summed E-state index contributed by atoms with van der Waals surface area (Å²) in [6, 6.07) is 20.6. The molecule has 0 aliphatic carbocycles. The van der Waals surface area contributed by atoms with Gasteiger partial charge in [0.05, 0.1) is 5.69 Å². The Kier molecular flexibility index (Phi) is 6.73. The molecule has 3 aromatic carbocycles. The summed E-state index contributed by atoms with van der Waals surface area (Å²) in [5.41, 5.74) is 2.44. The third-order valence-corrected chi connectivity index (χ3v) is 6.14. The molecule has 0 aromatic heterocycles. The minimum atomic E-state index is -0.636. The van der Waals surface area contributed by atoms with Crippen molar-refractivity contribution in [1.82, 2.24) is 10.2 Å². The maximum Gasteiger partial charge on any atom is 0.259 e. The number of rotatable bonds is 9. The number of amides is 3. The molecule has 0 spiro atoms. The van der Waals surface area contributed by atoms with E-state index in [1.165, 1.54) is 4.90 Å². The summed E-state index contributed by atoms with van der Waals surface area (Å²) in [5, 5.41) is 4.74. The van der Waals surface area contributed by atoms with E-state index in [0.29, 0.717) is 25.1 Å². The van der Waals surface area contributed by atoms with E-state index in [0.717, 1.165) is 28.4 Å². The van der Waals surface area contributed by atoms with Gasteiger partial charge in [-0.3, -0.25) is 19.3 Å². The lowest BCUT2D eigenvalue weighted by molar-refractivity contribution is -0.138. The first-order valence-corrected chi connectivity index (χ1v) is 11.5. The number of hydrogen-bond donors (Lipinski definition) is 1. The third-order valence-electron chi connectivity index (χ3n) is 6.14. The molecule has 1 aliphatic heterocycles. The Hall–Kier alpha value is -3.67. The van der Waals surface area contributed by atoms with Gasteiger partial charge in [0.15, 0.2) is 0 Å². The molecule has 3 amide bonds. The molecular formula is C27H29N3O3. The fraction of sp³-hybridized carbons (Fsp3) is 0.296. The number of nitrogens with zero attached hydrogens (tertiary/aromatic N) is 2. The summed E-state index contributed by atoms with van der Waals surface area (Å²) in [6.45, 7) is 4.58. The van der Waals surface area contributed by atoms with Crippen molar-refractivity contribution >= 4 is 34.2 Å². The Morgan fingerprint density at radius 1 is 1.00 bits per heavy atom. The zero-order valence-corrected chi connectivity index (χ0v) is 19.1. The Morgan fingerprint density at radius 2 is 1.73 bits per heavy atom. The summed E-state index contributed by atoms with van der Waals surface area (Å²) in [4.78, 5) is 42.5. The molecule has 6 nitrogen and oxygen atoms in total. The lowest BCUT2D eigenvalue weighted by atomic mass is 10.1. The average Bonchev–Trinajstić information content (AvgIpc) is 3.11. The summed E-state index contributed by atoms with van der Waals surface area (Å²) >= 11 is 0. The summed E-state index contributed by atoms with van der Waals surface area (Å²) < 4.78 is 0. The van der Waals surface area contributed by atoms with Crippen LogP contribution < -0.4 is 10.2 Å². The molecule has 1 heterocycles. The quantitative estimate of drug-likeness (QED) is 0.547. The highest BCUT2D eigenvalue weighted by atomic mass is 16.2. The minimum Gasteiger partial charge on any atom is -0.354 e. The summed E-state index contributed by atoms with van der Waals surface area (Å²) in [6.07, 6.45) is 1.45. The lowest BCUT2D eigenvalue weighted by Gasteiger charge is -2.30. The van der Waals surface area contributed by atoms with Gasteiger partial charge >= 0.3 is 0 Å². The molecule has 0 fully saturated rings. The number of benzene rings is 3. The molecule has 6 heteroatoms. The third kappa shape index (κ3) is 4.60. The van der Waals surface area contributed by atoms with E-state index in [-0.39, 0.29) is 24.3 Å². The highest BCUT2D eigenvalue weighted by molar-refractivity contribution is 6.26. The van der Waals surface area contributed by atoms with Gasteiger partial charge in [0.25, 0.3) is 5.91 Å². The first-order valence-electron chi connectivity index (χ1n) is 11.5. The van der Waals surface area contributed by atoms with E-state index in [1.807, 2.05) is 67.6 Å². The van der Waals surface area contributed by atoms with Crippen LogP contribution in [0.1, 0.15) is 36.2 Å². The van der Waals surface area contributed by atoms with Crippen LogP contribution >= 0.6 is 0 Å². The van der Waals surface area contributed by atoms with Crippen LogP contribution in [-0.2, 0) is 16.0 Å². The maximum atomic E-state index is 13.5. The number of nitrogens with one attached hydrogen (secondary N) is 1. The van der Waals surface area contributed by atoms with E-state index >= 15 is 0 Å². The second-order valence-electron chi connectivity index (χ2n) is 8.36. The van der Waals surface area contributed by atoms with E-state index in [4.69, 9.17) is 0 Å². The first kappa shape index (κ1) is 22.5. The topological polar surface area (TPSA) is 69.7 Å². The van der Waals surface area contributed by atoms with Crippen molar-refractivity contribution in [3.05, 3.63) is 77.9 Å². The van der Waals surface area contributed by atoms with Crippen molar-refractivity contribution < 1.29 is 14.4 Å². The van der Waals surface area contributed by atoms with E-state index in [1.54, 1.807) is 17.9 Å². The maximum absolute atomic E-state index is 13.5. The van der Waals surface area contributed by atoms with Gasteiger partial charge in [-0.1, -0.05) is 61.5 Å². The Labute approximate surface area is 194 Å². The van der Waals surface area contributed by atoms with Crippen molar-refractivity contribution in [2.24, 2.45) is 0 Å². The van der Waals surface area contributed by atoms with Crippen LogP contribution in [0.5, 0.6) is 0 Å². The van der Waals surface area contributed by atoms with E-state index in [9.17, 15) is 14.4 Å². The van der Waals surface area contributed by atoms with Crippen molar-refractivity contribution in [2.45, 2.75) is 32.7 Å². The smallest absolute Gasteiger partial charge is 0.259 e. The Bertz CT molecular complexity index is 1170. The van der Waals surface area contributed by atoms with Gasteiger partial charge in [-0.05, 0) is 42.8 Å². The van der Waals surface area contributed by atoms with Crippen LogP contribution in [0.3, 0.4) is 0 Å². The summed E-state index contributed by atoms with van der Waals surface area (Å²) in [5.74, 6) is -0.610. The average molecular weight is 444 g/mol. The molecule has 1 aliphatic rings. The first-order chi connectivity index (χ1) is 16.0. The van der Waals surface area contributed by atoms with Crippen molar-refractivity contribution in [3.63, 3.8) is 0 Å². The Balaban J connectivity index is 1.56. The van der Waals surface area contributed by atoms with Gasteiger partial charge < -0.3 is 10.2 Å². The number of anilines is 1. The van der Waals surface area contributed by atoms with Crippen LogP contribution in [-0.4, -0.2) is 48.3 Å². The van der Waals surface area contributed by atoms with Gasteiger partial charge in [-0.2, -0.15) is 0 Å².